The molecule has 0 saturated carbocycles. The smallest absolute Gasteiger partial charge is 0.304 e. The molecule has 37 heavy (non-hydrogen) atoms. The number of benzene rings is 2. The lowest BCUT2D eigenvalue weighted by atomic mass is 9.93. The van der Waals surface area contributed by atoms with Gasteiger partial charge in [-0.2, -0.15) is 4.31 Å². The highest BCUT2D eigenvalue weighted by Gasteiger charge is 2.35. The summed E-state index contributed by atoms with van der Waals surface area (Å²) in [7, 11) is -3.83. The van der Waals surface area contributed by atoms with Gasteiger partial charge in [0.05, 0.1) is 17.8 Å². The number of aryl methyl sites for hydroxylation is 1. The van der Waals surface area contributed by atoms with Gasteiger partial charge in [0.1, 0.15) is 21.8 Å². The van der Waals surface area contributed by atoms with Crippen LogP contribution in [-0.2, 0) is 21.4 Å². The Morgan fingerprint density at radius 1 is 1.24 bits per heavy atom. The third kappa shape index (κ3) is 5.92. The second-order valence-electron chi connectivity index (χ2n) is 9.23. The number of aliphatic carboxylic acids is 1. The number of fused-ring (bicyclic) bond motifs is 1. The van der Waals surface area contributed by atoms with Gasteiger partial charge in [0.25, 0.3) is 0 Å². The van der Waals surface area contributed by atoms with Gasteiger partial charge < -0.3 is 9.84 Å². The molecule has 2 heterocycles. The molecule has 1 aliphatic rings. The normalized spacial score (nSPS) is 17.9. The van der Waals surface area contributed by atoms with Gasteiger partial charge in [0.2, 0.25) is 10.0 Å². The zero-order valence-electron chi connectivity index (χ0n) is 21.0. The van der Waals surface area contributed by atoms with Crippen LogP contribution in [0.5, 0.6) is 5.75 Å². The van der Waals surface area contributed by atoms with E-state index in [9.17, 15) is 23.1 Å². The molecular formula is C27H30N2O6S2. The summed E-state index contributed by atoms with van der Waals surface area (Å²) in [5.41, 5.74) is 2.37. The van der Waals surface area contributed by atoms with Crippen LogP contribution in [0.1, 0.15) is 70.4 Å². The van der Waals surface area contributed by atoms with Gasteiger partial charge in [-0.3, -0.25) is 9.59 Å². The first-order valence-corrected chi connectivity index (χ1v) is 14.4. The fraction of sp³-hybridized carbons (Fsp3) is 0.370. The summed E-state index contributed by atoms with van der Waals surface area (Å²) in [6.45, 7) is 5.72. The van der Waals surface area contributed by atoms with E-state index in [2.05, 4.69) is 4.98 Å². The van der Waals surface area contributed by atoms with Crippen LogP contribution < -0.4 is 4.74 Å². The van der Waals surface area contributed by atoms with Gasteiger partial charge in [0.15, 0.2) is 5.78 Å². The van der Waals surface area contributed by atoms with Crippen molar-refractivity contribution >= 4 is 33.1 Å². The summed E-state index contributed by atoms with van der Waals surface area (Å²) >= 11 is 1.19. The maximum absolute atomic E-state index is 13.7. The van der Waals surface area contributed by atoms with Crippen molar-refractivity contribution in [1.29, 1.82) is 0 Å². The van der Waals surface area contributed by atoms with Crippen LogP contribution in [-0.4, -0.2) is 47.2 Å². The average Bonchev–Trinajstić information content (AvgIpc) is 3.31. The lowest BCUT2D eigenvalue weighted by molar-refractivity contribution is -0.137. The van der Waals surface area contributed by atoms with Crippen molar-refractivity contribution in [2.24, 2.45) is 0 Å². The molecule has 8 nitrogen and oxygen atoms in total. The molecule has 0 spiro atoms. The number of Topliss-reactive ketones (excluding diaryl/α,β-unsaturated/α-hetero) is 1. The van der Waals surface area contributed by atoms with Crippen molar-refractivity contribution in [1.82, 2.24) is 9.29 Å². The number of ketones is 1. The molecule has 1 aromatic heterocycles. The first-order chi connectivity index (χ1) is 17.6. The number of carbonyl (C=O) groups is 2. The Morgan fingerprint density at radius 3 is 2.68 bits per heavy atom. The molecule has 2 atom stereocenters. The summed E-state index contributed by atoms with van der Waals surface area (Å²) in [6, 6.07) is 12.3. The van der Waals surface area contributed by atoms with Gasteiger partial charge in [-0.05, 0) is 42.2 Å². The number of carboxylic acids is 1. The Bertz CT molecular complexity index is 1420. The Balaban J connectivity index is 1.72. The van der Waals surface area contributed by atoms with E-state index < -0.39 is 21.9 Å². The molecule has 0 fully saturated rings. The molecule has 0 radical (unpaired) electrons. The standard InChI is InChI=1S/C27H30N2O6S2/c1-4-7-21-16-29(37(33,34)25-9-6-5-8-23(25)35-21)15-20-12-19(11-10-17(20)2)22(13-26(31)32)27-28-14-24(36-27)18(3)30/h5-6,8-12,14,21-22H,4,7,13,15-16H2,1-3H3,(H,31,32)/t21-,22?/m1/s1. The molecule has 3 aromatic rings. The van der Waals surface area contributed by atoms with E-state index in [0.717, 1.165) is 17.5 Å². The number of nitrogens with zero attached hydrogens (tertiary/aromatic N) is 2. The highest BCUT2D eigenvalue weighted by Crippen LogP contribution is 2.35. The number of carboxylic acid groups (broad SMARTS) is 1. The number of ether oxygens (including phenoxy) is 1. The minimum Gasteiger partial charge on any atom is -0.488 e. The molecule has 0 amide bonds. The number of sulfonamides is 1. The van der Waals surface area contributed by atoms with Crippen LogP contribution in [0.25, 0.3) is 0 Å². The number of hydrogen-bond acceptors (Lipinski definition) is 7. The number of thiazole rings is 1. The largest absolute Gasteiger partial charge is 0.488 e. The van der Waals surface area contributed by atoms with Crippen molar-refractivity contribution < 1.29 is 27.9 Å². The predicted molar refractivity (Wildman–Crippen MR) is 141 cm³/mol. The molecule has 1 aliphatic heterocycles. The van der Waals surface area contributed by atoms with E-state index in [1.165, 1.54) is 28.8 Å². The van der Waals surface area contributed by atoms with E-state index in [1.54, 1.807) is 24.3 Å². The fourth-order valence-corrected chi connectivity index (χ4v) is 6.98. The summed E-state index contributed by atoms with van der Waals surface area (Å²) in [5.74, 6) is -1.32. The Kier molecular flexibility index (Phi) is 8.11. The lowest BCUT2D eigenvalue weighted by Gasteiger charge is -2.24. The number of aromatic nitrogens is 1. The van der Waals surface area contributed by atoms with Gasteiger partial charge in [-0.15, -0.1) is 11.3 Å². The number of rotatable bonds is 9. The van der Waals surface area contributed by atoms with Crippen LogP contribution in [0.3, 0.4) is 0 Å². The summed E-state index contributed by atoms with van der Waals surface area (Å²) in [4.78, 5) is 28.5. The minimum absolute atomic E-state index is 0.121. The maximum Gasteiger partial charge on any atom is 0.304 e. The average molecular weight is 543 g/mol. The van der Waals surface area contributed by atoms with Crippen molar-refractivity contribution in [3.63, 3.8) is 0 Å². The SMILES string of the molecule is CCC[C@@H]1CN(Cc2cc(C(CC(=O)O)c3ncc(C(C)=O)s3)ccc2C)S(=O)(=O)c2ccccc2O1. The molecular weight excluding hydrogens is 512 g/mol. The molecule has 0 saturated heterocycles. The topological polar surface area (TPSA) is 114 Å². The molecule has 1 N–H and O–H groups in total. The third-order valence-electron chi connectivity index (χ3n) is 6.45. The zero-order valence-corrected chi connectivity index (χ0v) is 22.6. The summed E-state index contributed by atoms with van der Waals surface area (Å²) < 4.78 is 34.9. The summed E-state index contributed by atoms with van der Waals surface area (Å²) in [6.07, 6.45) is 2.55. The number of hydrogen-bond donors (Lipinski definition) is 1. The second kappa shape index (κ2) is 11.1. The molecule has 196 valence electrons. The van der Waals surface area contributed by atoms with E-state index >= 15 is 0 Å². The van der Waals surface area contributed by atoms with E-state index in [0.29, 0.717) is 27.6 Å². The quantitative estimate of drug-likeness (QED) is 0.378. The van der Waals surface area contributed by atoms with Crippen LogP contribution in [0, 0.1) is 6.92 Å². The molecule has 10 heteroatoms. The lowest BCUT2D eigenvalue weighted by Crippen LogP contribution is -2.36. The minimum atomic E-state index is -3.83. The van der Waals surface area contributed by atoms with Crippen molar-refractivity contribution in [3.05, 3.63) is 75.2 Å². The van der Waals surface area contributed by atoms with Crippen molar-refractivity contribution in [2.75, 3.05) is 6.54 Å². The second-order valence-corrected chi connectivity index (χ2v) is 12.2. The number of para-hydroxylation sites is 1. The Hall–Kier alpha value is -3.08. The first kappa shape index (κ1) is 27.0. The molecule has 0 bridgehead atoms. The van der Waals surface area contributed by atoms with Crippen LogP contribution in [0.2, 0.25) is 0 Å². The maximum atomic E-state index is 13.7. The highest BCUT2D eigenvalue weighted by molar-refractivity contribution is 7.89. The fourth-order valence-electron chi connectivity index (χ4n) is 4.47. The van der Waals surface area contributed by atoms with E-state index in [4.69, 9.17) is 4.74 Å². The van der Waals surface area contributed by atoms with Gasteiger partial charge in [-0.1, -0.05) is 43.7 Å². The first-order valence-electron chi connectivity index (χ1n) is 12.1. The van der Waals surface area contributed by atoms with Crippen molar-refractivity contribution in [2.45, 2.75) is 63.5 Å². The molecule has 0 aliphatic carbocycles. The predicted octanol–water partition coefficient (Wildman–Crippen LogP) is 5.01. The third-order valence-corrected chi connectivity index (χ3v) is 9.51. The Labute approximate surface area is 221 Å². The van der Waals surface area contributed by atoms with Gasteiger partial charge in [-0.25, -0.2) is 13.4 Å². The van der Waals surface area contributed by atoms with Gasteiger partial charge >= 0.3 is 5.97 Å². The molecule has 4 rings (SSSR count). The summed E-state index contributed by atoms with van der Waals surface area (Å²) in [5, 5.41) is 10.1. The Morgan fingerprint density at radius 2 is 2.00 bits per heavy atom. The number of carbonyl (C=O) groups excluding carboxylic acids is 1. The van der Waals surface area contributed by atoms with Gasteiger partial charge in [0, 0.05) is 25.6 Å². The van der Waals surface area contributed by atoms with Crippen LogP contribution in [0.15, 0.2) is 53.6 Å². The monoisotopic (exact) mass is 542 g/mol. The molecule has 1 unspecified atom stereocenters. The van der Waals surface area contributed by atoms with Crippen LogP contribution in [0.4, 0.5) is 0 Å². The van der Waals surface area contributed by atoms with E-state index in [1.807, 2.05) is 32.0 Å². The highest BCUT2D eigenvalue weighted by atomic mass is 32.2. The van der Waals surface area contributed by atoms with E-state index in [-0.39, 0.29) is 36.3 Å². The van der Waals surface area contributed by atoms with Crippen LogP contribution >= 0.6 is 11.3 Å². The van der Waals surface area contributed by atoms with Crippen molar-refractivity contribution in [3.8, 4) is 5.75 Å². The zero-order chi connectivity index (χ0) is 26.7. The molecule has 2 aromatic carbocycles.